The van der Waals surface area contributed by atoms with Gasteiger partial charge in [0.15, 0.2) is 0 Å². The van der Waals surface area contributed by atoms with Crippen LogP contribution in [0.15, 0.2) is 0 Å². The average molecular weight is 224 g/mol. The van der Waals surface area contributed by atoms with Crippen molar-refractivity contribution < 1.29 is 68.7 Å². The zero-order chi connectivity index (χ0) is 9.00. The molecule has 0 spiro atoms. The summed E-state index contributed by atoms with van der Waals surface area (Å²) in [5, 5.41) is 0. The second kappa shape index (κ2) is 9.89. The fourth-order valence-corrected chi connectivity index (χ4v) is 0. The van der Waals surface area contributed by atoms with E-state index in [4.69, 9.17) is 0 Å². The molecular formula is C6H18Na2O2Si2. The molecule has 0 fully saturated rings. The van der Waals surface area contributed by atoms with E-state index < -0.39 is 16.6 Å². The smallest absolute Gasteiger partial charge is 0.859 e. The largest absolute Gasteiger partial charge is 1.00 e. The third-order valence-electron chi connectivity index (χ3n) is 0. The fraction of sp³-hybridized carbons (Fsp3) is 1.00. The molecule has 0 bridgehead atoms. The predicted molar refractivity (Wildman–Crippen MR) is 46.7 cm³/mol. The van der Waals surface area contributed by atoms with Crippen molar-refractivity contribution in [1.29, 1.82) is 0 Å². The van der Waals surface area contributed by atoms with Crippen LogP contribution in [0.4, 0.5) is 0 Å². The molecule has 0 amide bonds. The van der Waals surface area contributed by atoms with Gasteiger partial charge in [0.25, 0.3) is 0 Å². The topological polar surface area (TPSA) is 46.1 Å². The molecule has 0 heterocycles. The van der Waals surface area contributed by atoms with Gasteiger partial charge in [-0.05, 0) is 0 Å². The molecular weight excluding hydrogens is 206 g/mol. The van der Waals surface area contributed by atoms with Gasteiger partial charge in [-0.15, -0.1) is 0 Å². The molecule has 0 aliphatic heterocycles. The van der Waals surface area contributed by atoms with Gasteiger partial charge < -0.3 is 9.59 Å². The van der Waals surface area contributed by atoms with E-state index in [-0.39, 0.29) is 59.1 Å². The third kappa shape index (κ3) is 287. The molecule has 0 aromatic carbocycles. The summed E-state index contributed by atoms with van der Waals surface area (Å²) in [5.41, 5.74) is 0. The number of rotatable bonds is 0. The predicted octanol–water partition coefficient (Wildman–Crippen LogP) is -5.63. The second-order valence-corrected chi connectivity index (χ2v) is 12.7. The first-order chi connectivity index (χ1) is 4.00. The van der Waals surface area contributed by atoms with Crippen LogP contribution in [0, 0.1) is 0 Å². The first-order valence-electron chi connectivity index (χ1n) is 3.41. The Morgan fingerprint density at radius 1 is 0.583 bits per heavy atom. The first-order valence-corrected chi connectivity index (χ1v) is 10.2. The minimum absolute atomic E-state index is 0. The molecule has 0 saturated carbocycles. The quantitative estimate of drug-likeness (QED) is 0.385. The van der Waals surface area contributed by atoms with E-state index in [0.717, 1.165) is 0 Å². The molecule has 0 unspecified atom stereocenters. The Labute approximate surface area is 123 Å². The summed E-state index contributed by atoms with van der Waals surface area (Å²) in [4.78, 5) is 20.5. The fourth-order valence-electron chi connectivity index (χ4n) is 0. The number of hydrogen-bond acceptors (Lipinski definition) is 2. The van der Waals surface area contributed by atoms with Crippen molar-refractivity contribution in [2.24, 2.45) is 0 Å². The Morgan fingerprint density at radius 3 is 0.583 bits per heavy atom. The Balaban J connectivity index is -0.0000000457. The van der Waals surface area contributed by atoms with Gasteiger partial charge in [-0.1, -0.05) is 55.9 Å². The molecule has 2 nitrogen and oxygen atoms in total. The Hall–Kier alpha value is 2.35. The van der Waals surface area contributed by atoms with Gasteiger partial charge in [0.05, 0.1) is 0 Å². The summed E-state index contributed by atoms with van der Waals surface area (Å²) >= 11 is 0. The third-order valence-corrected chi connectivity index (χ3v) is 0. The van der Waals surface area contributed by atoms with Crippen LogP contribution in [-0.4, -0.2) is 16.6 Å². The van der Waals surface area contributed by atoms with Gasteiger partial charge in [0.2, 0.25) is 0 Å². The van der Waals surface area contributed by atoms with E-state index in [1.807, 2.05) is 0 Å². The molecule has 12 heavy (non-hydrogen) atoms. The zero-order valence-corrected chi connectivity index (χ0v) is 15.8. The second-order valence-electron chi connectivity index (χ2n) is 4.22. The van der Waals surface area contributed by atoms with Crippen LogP contribution in [0.25, 0.3) is 0 Å². The van der Waals surface area contributed by atoms with Crippen molar-refractivity contribution in [2.45, 2.75) is 39.3 Å². The SMILES string of the molecule is C[Si](C)(C)[O-].C[Si](C)(C)[O-].[Na+].[Na+]. The van der Waals surface area contributed by atoms with Crippen molar-refractivity contribution in [3.8, 4) is 0 Å². The molecule has 0 rings (SSSR count). The van der Waals surface area contributed by atoms with Gasteiger partial charge in [-0.2, -0.15) is 0 Å². The van der Waals surface area contributed by atoms with Crippen molar-refractivity contribution >= 4 is 16.6 Å². The molecule has 0 saturated heterocycles. The van der Waals surface area contributed by atoms with E-state index in [2.05, 4.69) is 0 Å². The maximum atomic E-state index is 10.2. The molecule has 6 heteroatoms. The average Bonchev–Trinajstić information content (AvgIpc) is 1.12. The van der Waals surface area contributed by atoms with Crippen molar-refractivity contribution in [3.05, 3.63) is 0 Å². The van der Waals surface area contributed by atoms with Crippen LogP contribution in [0.1, 0.15) is 0 Å². The van der Waals surface area contributed by atoms with Gasteiger partial charge in [-0.3, -0.25) is 0 Å². The monoisotopic (exact) mass is 224 g/mol. The standard InChI is InChI=1S/2C3H9OSi.2Na/c2*1-5(2,3)4;;/h2*1-3H3;;/q2*-1;2*+1. The first kappa shape index (κ1) is 23.9. The Kier molecular flexibility index (Phi) is 19.7. The molecule has 0 radical (unpaired) electrons. The van der Waals surface area contributed by atoms with Crippen LogP contribution < -0.4 is 68.7 Å². The van der Waals surface area contributed by atoms with E-state index in [0.29, 0.717) is 0 Å². The van der Waals surface area contributed by atoms with Gasteiger partial charge >= 0.3 is 59.1 Å². The summed E-state index contributed by atoms with van der Waals surface area (Å²) in [7, 11) is -3.72. The van der Waals surface area contributed by atoms with Crippen LogP contribution in [0.3, 0.4) is 0 Å². The number of hydrogen-bond donors (Lipinski definition) is 0. The van der Waals surface area contributed by atoms with Gasteiger partial charge in [0, 0.05) is 0 Å². The van der Waals surface area contributed by atoms with E-state index in [9.17, 15) is 9.59 Å². The van der Waals surface area contributed by atoms with Crippen molar-refractivity contribution in [2.75, 3.05) is 0 Å². The molecule has 0 aliphatic carbocycles. The zero-order valence-electron chi connectivity index (χ0n) is 9.82. The Bertz CT molecular complexity index is 64.5. The van der Waals surface area contributed by atoms with Crippen LogP contribution in [0.2, 0.25) is 39.3 Å². The van der Waals surface area contributed by atoms with Crippen molar-refractivity contribution in [1.82, 2.24) is 0 Å². The van der Waals surface area contributed by atoms with E-state index in [1.54, 1.807) is 39.3 Å². The van der Waals surface area contributed by atoms with Gasteiger partial charge in [-0.25, -0.2) is 0 Å². The molecule has 0 aromatic rings. The molecule has 0 atom stereocenters. The van der Waals surface area contributed by atoms with Gasteiger partial charge in [0.1, 0.15) is 0 Å². The molecule has 64 valence electrons. The van der Waals surface area contributed by atoms with Crippen LogP contribution in [-0.2, 0) is 0 Å². The molecule has 0 N–H and O–H groups in total. The summed E-state index contributed by atoms with van der Waals surface area (Å²) < 4.78 is 0. The van der Waals surface area contributed by atoms with Crippen molar-refractivity contribution in [3.63, 3.8) is 0 Å². The molecule has 0 aliphatic rings. The van der Waals surface area contributed by atoms with E-state index in [1.165, 1.54) is 0 Å². The minimum Gasteiger partial charge on any atom is -0.859 e. The van der Waals surface area contributed by atoms with Crippen LogP contribution >= 0.6 is 0 Å². The van der Waals surface area contributed by atoms with Crippen LogP contribution in [0.5, 0.6) is 0 Å². The normalized spacial score (nSPS) is 10.0. The maximum Gasteiger partial charge on any atom is 1.00 e. The summed E-state index contributed by atoms with van der Waals surface area (Å²) in [6.07, 6.45) is 0. The summed E-state index contributed by atoms with van der Waals surface area (Å²) in [5.74, 6) is 0. The van der Waals surface area contributed by atoms with E-state index >= 15 is 0 Å². The molecule has 0 aromatic heterocycles. The maximum absolute atomic E-state index is 10.2. The minimum atomic E-state index is -1.86. The Morgan fingerprint density at radius 2 is 0.583 bits per heavy atom. The summed E-state index contributed by atoms with van der Waals surface area (Å²) in [6, 6.07) is 0. The summed E-state index contributed by atoms with van der Waals surface area (Å²) in [6.45, 7) is 10.6.